The third-order valence-corrected chi connectivity index (χ3v) is 9.89. The van der Waals surface area contributed by atoms with E-state index in [-0.39, 0.29) is 19.6 Å². The highest BCUT2D eigenvalue weighted by atomic mass is 32.3. The Hall–Kier alpha value is -3.24. The summed E-state index contributed by atoms with van der Waals surface area (Å²) < 4.78 is 58.9. The number of aliphatic hydroxyl groups excluding tert-OH is 3. The molecule has 1 heterocycles. The second-order valence-corrected chi connectivity index (χ2v) is 15.9. The maximum atomic E-state index is 12.8. The molecule has 0 bridgehead atoms. The van der Waals surface area contributed by atoms with E-state index in [1.165, 1.54) is 19.3 Å². The van der Waals surface area contributed by atoms with Crippen LogP contribution in [0.5, 0.6) is 0 Å². The smallest absolute Gasteiger partial charge is 0.397 e. The van der Waals surface area contributed by atoms with Crippen molar-refractivity contribution in [2.45, 2.75) is 166 Å². The van der Waals surface area contributed by atoms with Crippen molar-refractivity contribution in [3.8, 4) is 0 Å². The zero-order chi connectivity index (χ0) is 45.4. The molecule has 0 radical (unpaired) electrons. The van der Waals surface area contributed by atoms with Gasteiger partial charge in [-0.3, -0.25) is 9.35 Å². The Morgan fingerprint density at radius 3 is 1.55 bits per heavy atom. The predicted octanol–water partition coefficient (Wildman–Crippen LogP) is 9.63. The fourth-order valence-corrected chi connectivity index (χ4v) is 6.60. The summed E-state index contributed by atoms with van der Waals surface area (Å²) in [5.74, 6) is -0.535. The first kappa shape index (κ1) is 56.8. The van der Waals surface area contributed by atoms with E-state index >= 15 is 0 Å². The largest absolute Gasteiger partial charge is 0.457 e. The lowest BCUT2D eigenvalue weighted by atomic mass is 9.99. The quantitative estimate of drug-likeness (QED) is 0.0201. The number of allylic oxidation sites excluding steroid dienone is 17. The molecule has 0 amide bonds. The van der Waals surface area contributed by atoms with Crippen LogP contribution in [0, 0.1) is 0 Å². The molecule has 12 nitrogen and oxygen atoms in total. The molecule has 1 fully saturated rings. The van der Waals surface area contributed by atoms with Crippen molar-refractivity contribution in [2.24, 2.45) is 0 Å². The number of aliphatic hydroxyl groups is 3. The van der Waals surface area contributed by atoms with Gasteiger partial charge in [-0.15, -0.1) is 0 Å². The van der Waals surface area contributed by atoms with Crippen LogP contribution in [0.25, 0.3) is 0 Å². The van der Waals surface area contributed by atoms with Crippen molar-refractivity contribution in [1.82, 2.24) is 0 Å². The molecule has 13 heteroatoms. The van der Waals surface area contributed by atoms with Gasteiger partial charge >= 0.3 is 16.4 Å². The van der Waals surface area contributed by atoms with E-state index < -0.39 is 59.8 Å². The summed E-state index contributed by atoms with van der Waals surface area (Å²) in [4.78, 5) is 12.8. The first-order chi connectivity index (χ1) is 30.1. The topological polar surface area (TPSA) is 178 Å². The molecular weight excluding hydrogens is 813 g/mol. The summed E-state index contributed by atoms with van der Waals surface area (Å²) in [7, 11) is -5.08. The van der Waals surface area contributed by atoms with Gasteiger partial charge in [-0.25, -0.2) is 4.18 Å². The van der Waals surface area contributed by atoms with Crippen molar-refractivity contribution in [1.29, 1.82) is 0 Å². The average Bonchev–Trinajstić information content (AvgIpc) is 3.24. The van der Waals surface area contributed by atoms with Gasteiger partial charge in [0.05, 0.1) is 26.2 Å². The average molecular weight is 891 g/mol. The molecule has 1 saturated heterocycles. The fourth-order valence-electron chi connectivity index (χ4n) is 6.09. The van der Waals surface area contributed by atoms with Gasteiger partial charge < -0.3 is 34.3 Å². The van der Waals surface area contributed by atoms with Crippen LogP contribution in [0.2, 0.25) is 0 Å². The highest BCUT2D eigenvalue weighted by molar-refractivity contribution is 7.80. The Labute approximate surface area is 373 Å². The molecule has 0 aromatic rings. The number of hydrogen-bond acceptors (Lipinski definition) is 11. The molecule has 1 aliphatic rings. The molecule has 1 rings (SSSR count). The van der Waals surface area contributed by atoms with Crippen LogP contribution in [-0.2, 0) is 38.3 Å². The van der Waals surface area contributed by atoms with Crippen LogP contribution in [0.15, 0.2) is 109 Å². The third kappa shape index (κ3) is 32.4. The summed E-state index contributed by atoms with van der Waals surface area (Å²) in [6.45, 7) is 3.58. The van der Waals surface area contributed by atoms with Crippen molar-refractivity contribution in [3.63, 3.8) is 0 Å². The number of unbranched alkanes of at least 4 members (excludes halogenated alkanes) is 7. The monoisotopic (exact) mass is 891 g/mol. The molecule has 0 spiro atoms. The van der Waals surface area contributed by atoms with Crippen LogP contribution < -0.4 is 0 Å². The second kappa shape index (κ2) is 39.4. The van der Waals surface area contributed by atoms with Gasteiger partial charge in [-0.2, -0.15) is 8.42 Å². The molecule has 6 atom stereocenters. The minimum atomic E-state index is -5.08. The van der Waals surface area contributed by atoms with Crippen LogP contribution in [-0.4, -0.2) is 97.5 Å². The highest BCUT2D eigenvalue weighted by Gasteiger charge is 2.48. The summed E-state index contributed by atoms with van der Waals surface area (Å²) in [6.07, 6.45) is 45.8. The Morgan fingerprint density at radius 2 is 1.06 bits per heavy atom. The lowest BCUT2D eigenvalue weighted by Crippen LogP contribution is -2.60. The normalized spacial score (nSPS) is 21.0. The summed E-state index contributed by atoms with van der Waals surface area (Å²) >= 11 is 0. The van der Waals surface area contributed by atoms with Crippen molar-refractivity contribution < 1.29 is 56.2 Å². The van der Waals surface area contributed by atoms with Gasteiger partial charge in [0.1, 0.15) is 30.5 Å². The molecule has 0 aliphatic carbocycles. The van der Waals surface area contributed by atoms with E-state index in [4.69, 9.17) is 23.5 Å². The van der Waals surface area contributed by atoms with E-state index in [1.54, 1.807) is 6.08 Å². The molecule has 352 valence electrons. The second-order valence-electron chi connectivity index (χ2n) is 14.9. The Balaban J connectivity index is 2.49. The number of rotatable bonds is 37. The van der Waals surface area contributed by atoms with Gasteiger partial charge in [0.25, 0.3) is 0 Å². The van der Waals surface area contributed by atoms with Gasteiger partial charge in [0.2, 0.25) is 0 Å². The predicted molar refractivity (Wildman–Crippen MR) is 248 cm³/mol. The first-order valence-electron chi connectivity index (χ1n) is 22.6. The number of carbonyl (C=O) groups is 1. The van der Waals surface area contributed by atoms with Crippen molar-refractivity contribution in [2.75, 3.05) is 26.4 Å². The zero-order valence-corrected chi connectivity index (χ0v) is 38.2. The maximum Gasteiger partial charge on any atom is 0.397 e. The zero-order valence-electron chi connectivity index (χ0n) is 37.4. The lowest BCUT2D eigenvalue weighted by molar-refractivity contribution is -0.301. The molecule has 0 aromatic carbocycles. The number of carbonyl (C=O) groups excluding carboxylic acids is 1. The molecule has 0 saturated carbocycles. The van der Waals surface area contributed by atoms with Crippen LogP contribution >= 0.6 is 0 Å². The molecule has 6 unspecified atom stereocenters. The summed E-state index contributed by atoms with van der Waals surface area (Å²) in [5.41, 5.74) is 0. The number of hydrogen-bond donors (Lipinski definition) is 4. The Morgan fingerprint density at radius 1 is 0.613 bits per heavy atom. The maximum absolute atomic E-state index is 12.8. The minimum Gasteiger partial charge on any atom is -0.457 e. The van der Waals surface area contributed by atoms with E-state index in [0.717, 1.165) is 83.5 Å². The number of ether oxygens (including phenoxy) is 4. The SMILES string of the molecule is CC/C=C\C/C=C\C/C=C\C/C=C\C/C=C\CC(=O)OC(COCCCCCCCCC/C=C\C/C=C\C/C=C\C/C=C\CC)COC1OC(CO)C(O)C(OS(=O)(=O)O)C1O. The molecule has 62 heavy (non-hydrogen) atoms. The van der Waals surface area contributed by atoms with Crippen LogP contribution in [0.3, 0.4) is 0 Å². The minimum absolute atomic E-state index is 0.000922. The third-order valence-electron chi connectivity index (χ3n) is 9.42. The standard InChI is InChI=1S/C49H78O12S/c1-3-5-7-9-11-13-15-17-19-20-21-22-23-25-27-29-31-33-35-37-39-57-41-43(42-58-49-47(53)48(61-62(54,55)56)46(52)44(40-50)60-49)59-45(51)38-36-34-32-30-28-26-24-18-16-14-12-10-8-6-4-2/h5-8,11-14,17-19,21-22,24,28,30,34,36,43-44,46-50,52-53H,3-4,9-10,15-16,20,23,25-27,29,31-33,35,37-42H2,1-2H3,(H,54,55,56)/b7-5-,8-6-,13-11-,14-12-,19-17-,22-21-,24-18-,30-28-,36-34-. The van der Waals surface area contributed by atoms with Gasteiger partial charge in [0, 0.05) is 6.61 Å². The highest BCUT2D eigenvalue weighted by Crippen LogP contribution is 2.26. The van der Waals surface area contributed by atoms with Gasteiger partial charge in [-0.1, -0.05) is 155 Å². The molecular formula is C49H78O12S. The first-order valence-corrected chi connectivity index (χ1v) is 24.0. The van der Waals surface area contributed by atoms with Crippen LogP contribution in [0.4, 0.5) is 0 Å². The molecule has 0 aromatic heterocycles. The lowest BCUT2D eigenvalue weighted by Gasteiger charge is -2.41. The van der Waals surface area contributed by atoms with E-state index in [0.29, 0.717) is 13.0 Å². The van der Waals surface area contributed by atoms with Crippen LogP contribution in [0.1, 0.15) is 129 Å². The Bertz CT molecular complexity index is 1490. The van der Waals surface area contributed by atoms with Crippen molar-refractivity contribution in [3.05, 3.63) is 109 Å². The van der Waals surface area contributed by atoms with E-state index in [9.17, 15) is 28.5 Å². The fraction of sp³-hybridized carbons (Fsp3) is 0.612. The van der Waals surface area contributed by atoms with Crippen molar-refractivity contribution >= 4 is 16.4 Å². The summed E-state index contributed by atoms with van der Waals surface area (Å²) in [5, 5.41) is 30.7. The van der Waals surface area contributed by atoms with E-state index in [1.807, 2.05) is 12.2 Å². The molecule has 4 N–H and O–H groups in total. The molecule has 1 aliphatic heterocycles. The summed E-state index contributed by atoms with van der Waals surface area (Å²) in [6, 6.07) is 0. The van der Waals surface area contributed by atoms with Gasteiger partial charge in [-0.05, 0) is 77.0 Å². The number of esters is 1. The van der Waals surface area contributed by atoms with E-state index in [2.05, 4.69) is 109 Å². The Kier molecular flexibility index (Phi) is 36.0. The van der Waals surface area contributed by atoms with Gasteiger partial charge in [0.15, 0.2) is 6.29 Å².